The number of aryl methyl sites for hydroxylation is 1. The van der Waals surface area contributed by atoms with Crippen LogP contribution in [0.15, 0.2) is 18.5 Å². The lowest BCUT2D eigenvalue weighted by molar-refractivity contribution is 0.417. The summed E-state index contributed by atoms with van der Waals surface area (Å²) in [5.74, 6) is 0. The summed E-state index contributed by atoms with van der Waals surface area (Å²) >= 11 is 0. The quantitative estimate of drug-likeness (QED) is 0.726. The number of hydrogen-bond donors (Lipinski definition) is 1. The van der Waals surface area contributed by atoms with Crippen LogP contribution in [0.2, 0.25) is 0 Å². The summed E-state index contributed by atoms with van der Waals surface area (Å²) in [6.45, 7) is 6.10. The molecule has 0 bridgehead atoms. The second-order valence-corrected chi connectivity index (χ2v) is 6.37. The molecule has 3 nitrogen and oxygen atoms in total. The van der Waals surface area contributed by atoms with Gasteiger partial charge in [0.2, 0.25) is 0 Å². The largest absolute Gasteiger partial charge is 0.354 e. The zero-order valence-electron chi connectivity index (χ0n) is 12.2. The normalized spacial score (nSPS) is 15.4. The van der Waals surface area contributed by atoms with Crippen molar-refractivity contribution in [2.45, 2.75) is 65.1 Å². The summed E-state index contributed by atoms with van der Waals surface area (Å²) in [5.41, 5.74) is 1.21. The minimum atomic E-state index is -0.171. The van der Waals surface area contributed by atoms with Crippen molar-refractivity contribution in [1.82, 2.24) is 9.88 Å². The van der Waals surface area contributed by atoms with Crippen molar-refractivity contribution in [2.75, 3.05) is 0 Å². The molecule has 1 aromatic rings. The molecular formula is C16H25N3. The molecule has 0 saturated heterocycles. The summed E-state index contributed by atoms with van der Waals surface area (Å²) < 4.78 is 2.27. The van der Waals surface area contributed by atoms with Gasteiger partial charge in [-0.2, -0.15) is 5.26 Å². The van der Waals surface area contributed by atoms with Gasteiger partial charge in [-0.15, -0.1) is 0 Å². The van der Waals surface area contributed by atoms with Gasteiger partial charge in [-0.25, -0.2) is 0 Å². The SMILES string of the molecule is CC(C)(C#N)CCCCn1ccc(CNC2CC2)c1. The Bertz CT molecular complexity index is 435. The number of nitriles is 1. The standard InChI is InChI=1S/C16H25N3/c1-16(2,13-17)8-3-4-9-19-10-7-14(12-19)11-18-15-5-6-15/h7,10,12,15,18H,3-6,8-9,11H2,1-2H3. The molecule has 3 heteroatoms. The number of hydrogen-bond acceptors (Lipinski definition) is 2. The molecule has 1 saturated carbocycles. The molecule has 19 heavy (non-hydrogen) atoms. The molecule has 0 radical (unpaired) electrons. The smallest absolute Gasteiger partial charge is 0.0683 e. The van der Waals surface area contributed by atoms with Crippen LogP contribution in [0.3, 0.4) is 0 Å². The van der Waals surface area contributed by atoms with Crippen molar-refractivity contribution >= 4 is 0 Å². The number of nitrogens with zero attached hydrogens (tertiary/aromatic N) is 2. The van der Waals surface area contributed by atoms with Gasteiger partial charge in [0.15, 0.2) is 0 Å². The van der Waals surface area contributed by atoms with Gasteiger partial charge in [0.1, 0.15) is 0 Å². The van der Waals surface area contributed by atoms with Crippen LogP contribution in [0.4, 0.5) is 0 Å². The van der Waals surface area contributed by atoms with E-state index in [0.717, 1.165) is 38.4 Å². The van der Waals surface area contributed by atoms with E-state index in [1.807, 2.05) is 13.8 Å². The van der Waals surface area contributed by atoms with Gasteiger partial charge in [0.05, 0.1) is 11.5 Å². The molecule has 1 fully saturated rings. The maximum atomic E-state index is 8.96. The van der Waals surface area contributed by atoms with Crippen LogP contribution >= 0.6 is 0 Å². The predicted octanol–water partition coefficient (Wildman–Crippen LogP) is 3.46. The van der Waals surface area contributed by atoms with Gasteiger partial charge in [-0.05, 0) is 51.2 Å². The molecular weight excluding hydrogens is 234 g/mol. The first-order chi connectivity index (χ1) is 9.09. The fourth-order valence-electron chi connectivity index (χ4n) is 2.20. The van der Waals surface area contributed by atoms with Crippen molar-refractivity contribution in [3.8, 4) is 6.07 Å². The molecule has 2 rings (SSSR count). The van der Waals surface area contributed by atoms with Crippen molar-refractivity contribution < 1.29 is 0 Å². The number of aromatic nitrogens is 1. The second kappa shape index (κ2) is 6.25. The van der Waals surface area contributed by atoms with Crippen molar-refractivity contribution in [3.05, 3.63) is 24.0 Å². The molecule has 1 N–H and O–H groups in total. The van der Waals surface area contributed by atoms with Crippen LogP contribution < -0.4 is 5.32 Å². The zero-order valence-corrected chi connectivity index (χ0v) is 12.2. The van der Waals surface area contributed by atoms with E-state index >= 15 is 0 Å². The van der Waals surface area contributed by atoms with Crippen LogP contribution in [0, 0.1) is 16.7 Å². The lowest BCUT2D eigenvalue weighted by Gasteiger charge is -2.14. The molecule has 0 aliphatic heterocycles. The van der Waals surface area contributed by atoms with Crippen LogP contribution in [0.1, 0.15) is 51.5 Å². The van der Waals surface area contributed by atoms with E-state index in [-0.39, 0.29) is 5.41 Å². The number of rotatable bonds is 8. The Balaban J connectivity index is 1.64. The van der Waals surface area contributed by atoms with E-state index in [0.29, 0.717) is 0 Å². The third kappa shape index (κ3) is 5.08. The van der Waals surface area contributed by atoms with Gasteiger partial charge in [0.25, 0.3) is 0 Å². The van der Waals surface area contributed by atoms with E-state index in [1.165, 1.54) is 18.4 Å². The topological polar surface area (TPSA) is 40.8 Å². The predicted molar refractivity (Wildman–Crippen MR) is 77.5 cm³/mol. The average Bonchev–Trinajstić information content (AvgIpc) is 3.11. The minimum Gasteiger partial charge on any atom is -0.354 e. The molecule has 1 heterocycles. The first kappa shape index (κ1) is 14.1. The Labute approximate surface area is 116 Å². The highest BCUT2D eigenvalue weighted by atomic mass is 15.0. The maximum Gasteiger partial charge on any atom is 0.0683 e. The highest BCUT2D eigenvalue weighted by Gasteiger charge is 2.20. The first-order valence-electron chi connectivity index (χ1n) is 7.38. The Morgan fingerprint density at radius 3 is 2.89 bits per heavy atom. The molecule has 1 aliphatic carbocycles. The summed E-state index contributed by atoms with van der Waals surface area (Å²) in [4.78, 5) is 0. The van der Waals surface area contributed by atoms with Gasteiger partial charge in [-0.3, -0.25) is 0 Å². The lowest BCUT2D eigenvalue weighted by Crippen LogP contribution is -2.14. The maximum absolute atomic E-state index is 8.96. The van der Waals surface area contributed by atoms with E-state index < -0.39 is 0 Å². The van der Waals surface area contributed by atoms with Gasteiger partial charge in [0, 0.05) is 31.5 Å². The summed E-state index contributed by atoms with van der Waals surface area (Å²) in [6, 6.07) is 5.34. The number of nitrogens with one attached hydrogen (secondary N) is 1. The fourth-order valence-corrected chi connectivity index (χ4v) is 2.20. The first-order valence-corrected chi connectivity index (χ1v) is 7.38. The van der Waals surface area contributed by atoms with E-state index in [4.69, 9.17) is 5.26 Å². The molecule has 0 atom stereocenters. The summed E-state index contributed by atoms with van der Waals surface area (Å²) in [5, 5.41) is 12.5. The molecule has 0 spiro atoms. The average molecular weight is 259 g/mol. The Hall–Kier alpha value is -1.27. The monoisotopic (exact) mass is 259 g/mol. The highest BCUT2D eigenvalue weighted by molar-refractivity contribution is 5.10. The van der Waals surface area contributed by atoms with Crippen LogP contribution in [0.25, 0.3) is 0 Å². The van der Waals surface area contributed by atoms with Crippen LogP contribution in [0.5, 0.6) is 0 Å². The molecule has 0 aromatic carbocycles. The summed E-state index contributed by atoms with van der Waals surface area (Å²) in [6.07, 6.45) is 10.3. The highest BCUT2D eigenvalue weighted by Crippen LogP contribution is 2.22. The third-order valence-corrected chi connectivity index (χ3v) is 3.75. The fraction of sp³-hybridized carbons (Fsp3) is 0.688. The molecule has 0 unspecified atom stereocenters. The van der Waals surface area contributed by atoms with Crippen molar-refractivity contribution in [2.24, 2.45) is 5.41 Å². The summed E-state index contributed by atoms with van der Waals surface area (Å²) in [7, 11) is 0. The second-order valence-electron chi connectivity index (χ2n) is 6.37. The Morgan fingerprint density at radius 1 is 1.42 bits per heavy atom. The van der Waals surface area contributed by atoms with E-state index in [9.17, 15) is 0 Å². The Kier molecular flexibility index (Phi) is 4.66. The van der Waals surface area contributed by atoms with E-state index in [2.05, 4.69) is 34.4 Å². The van der Waals surface area contributed by atoms with Crippen molar-refractivity contribution in [3.63, 3.8) is 0 Å². The lowest BCUT2D eigenvalue weighted by atomic mass is 9.89. The van der Waals surface area contributed by atoms with Gasteiger partial charge in [-0.1, -0.05) is 6.42 Å². The zero-order chi connectivity index (χ0) is 13.7. The van der Waals surface area contributed by atoms with Crippen LogP contribution in [-0.4, -0.2) is 10.6 Å². The van der Waals surface area contributed by atoms with Gasteiger partial charge >= 0.3 is 0 Å². The van der Waals surface area contributed by atoms with E-state index in [1.54, 1.807) is 0 Å². The molecule has 0 amide bonds. The van der Waals surface area contributed by atoms with Gasteiger partial charge < -0.3 is 9.88 Å². The Morgan fingerprint density at radius 2 is 2.21 bits per heavy atom. The van der Waals surface area contributed by atoms with Crippen molar-refractivity contribution in [1.29, 1.82) is 5.26 Å². The minimum absolute atomic E-state index is 0.171. The molecule has 1 aliphatic rings. The third-order valence-electron chi connectivity index (χ3n) is 3.75. The molecule has 104 valence electrons. The number of unbranched alkanes of at least 4 members (excludes halogenated alkanes) is 1. The van der Waals surface area contributed by atoms with Crippen LogP contribution in [-0.2, 0) is 13.1 Å². The molecule has 1 aromatic heterocycles.